The summed E-state index contributed by atoms with van der Waals surface area (Å²) in [6.45, 7) is -2.65. The average Bonchev–Trinajstić information content (AvgIpc) is 3.39. The second-order valence-corrected chi connectivity index (χ2v) is 11.3. The minimum absolute atomic E-state index is 0.0403. The largest absolute Gasteiger partial charge is 0.504 e. The summed E-state index contributed by atoms with van der Waals surface area (Å²) in [5.74, 6) is -4.64. The van der Waals surface area contributed by atoms with Crippen LogP contribution >= 0.6 is 0 Å². The van der Waals surface area contributed by atoms with Crippen LogP contribution in [0.25, 0.3) is 12.2 Å². The summed E-state index contributed by atoms with van der Waals surface area (Å²) in [4.78, 5) is 25.3. The molecular formula is C33H40O18. The molecule has 8 N–H and O–H groups in total. The molecule has 18 heteroatoms. The van der Waals surface area contributed by atoms with E-state index in [0.717, 1.165) is 12.2 Å². The number of methoxy groups -OCH3 is 3. The van der Waals surface area contributed by atoms with Crippen molar-refractivity contribution in [3.05, 3.63) is 53.6 Å². The average molecular weight is 725 g/mol. The quantitative estimate of drug-likeness (QED) is 0.0819. The molecule has 2 heterocycles. The van der Waals surface area contributed by atoms with Gasteiger partial charge in [-0.3, -0.25) is 0 Å². The van der Waals surface area contributed by atoms with Crippen molar-refractivity contribution < 1.29 is 88.3 Å². The highest BCUT2D eigenvalue weighted by Crippen LogP contribution is 2.39. The van der Waals surface area contributed by atoms with Crippen LogP contribution in [-0.2, 0) is 33.3 Å². The summed E-state index contributed by atoms with van der Waals surface area (Å²) in [5, 5.41) is 82.7. The Kier molecular flexibility index (Phi) is 13.2. The van der Waals surface area contributed by atoms with Crippen molar-refractivity contribution in [1.29, 1.82) is 0 Å². The van der Waals surface area contributed by atoms with E-state index in [1.165, 1.54) is 63.8 Å². The third-order valence-corrected chi connectivity index (χ3v) is 8.02. The van der Waals surface area contributed by atoms with Crippen LogP contribution in [0.3, 0.4) is 0 Å². The van der Waals surface area contributed by atoms with Crippen molar-refractivity contribution >= 4 is 24.1 Å². The van der Waals surface area contributed by atoms with Crippen LogP contribution in [0.1, 0.15) is 11.1 Å². The summed E-state index contributed by atoms with van der Waals surface area (Å²) in [5.41, 5.74) is 0.803. The van der Waals surface area contributed by atoms with E-state index in [-0.39, 0.29) is 28.7 Å². The highest BCUT2D eigenvalue weighted by atomic mass is 16.8. The van der Waals surface area contributed by atoms with Crippen LogP contribution in [0.5, 0.6) is 28.7 Å². The van der Waals surface area contributed by atoms with Crippen molar-refractivity contribution in [1.82, 2.24) is 0 Å². The van der Waals surface area contributed by atoms with Gasteiger partial charge in [0.15, 0.2) is 35.4 Å². The van der Waals surface area contributed by atoms with E-state index in [2.05, 4.69) is 0 Å². The molecule has 2 fully saturated rings. The Bertz CT molecular complexity index is 1550. The maximum Gasteiger partial charge on any atom is 0.331 e. The summed E-state index contributed by atoms with van der Waals surface area (Å²) >= 11 is 0. The van der Waals surface area contributed by atoms with Crippen molar-refractivity contribution in [2.24, 2.45) is 0 Å². The zero-order valence-corrected chi connectivity index (χ0v) is 27.6. The lowest BCUT2D eigenvalue weighted by molar-refractivity contribution is -0.383. The smallest absolute Gasteiger partial charge is 0.331 e. The Morgan fingerprint density at radius 3 is 2.00 bits per heavy atom. The second kappa shape index (κ2) is 17.1. The number of phenols is 2. The predicted octanol–water partition coefficient (Wildman–Crippen LogP) is -1.43. The first kappa shape index (κ1) is 39.3. The van der Waals surface area contributed by atoms with E-state index in [0.29, 0.717) is 11.1 Å². The minimum Gasteiger partial charge on any atom is -0.504 e. The number of hydrogen-bond acceptors (Lipinski definition) is 18. The molecule has 2 aromatic rings. The third-order valence-electron chi connectivity index (χ3n) is 8.02. The number of carbonyl (C=O) groups is 2. The number of aliphatic hydroxyl groups is 6. The Labute approximate surface area is 290 Å². The van der Waals surface area contributed by atoms with E-state index in [1.54, 1.807) is 0 Å². The molecule has 9 atom stereocenters. The van der Waals surface area contributed by atoms with Crippen LogP contribution in [0, 0.1) is 0 Å². The van der Waals surface area contributed by atoms with Crippen LogP contribution in [0.15, 0.2) is 42.5 Å². The Balaban J connectivity index is 1.48. The first-order valence-corrected chi connectivity index (χ1v) is 15.3. The molecular weight excluding hydrogens is 684 g/mol. The number of rotatable bonds is 14. The number of benzene rings is 2. The number of esters is 2. The molecule has 4 rings (SSSR count). The zero-order chi connectivity index (χ0) is 37.5. The van der Waals surface area contributed by atoms with E-state index in [4.69, 9.17) is 37.9 Å². The predicted molar refractivity (Wildman–Crippen MR) is 170 cm³/mol. The topological polar surface area (TPSA) is 270 Å². The minimum atomic E-state index is -2.50. The van der Waals surface area contributed by atoms with Gasteiger partial charge in [0.1, 0.15) is 49.8 Å². The van der Waals surface area contributed by atoms with Gasteiger partial charge < -0.3 is 78.7 Å². The Morgan fingerprint density at radius 2 is 1.39 bits per heavy atom. The van der Waals surface area contributed by atoms with E-state index in [1.807, 2.05) is 0 Å². The first-order valence-electron chi connectivity index (χ1n) is 15.3. The molecule has 0 spiro atoms. The highest BCUT2D eigenvalue weighted by Gasteiger charge is 2.60. The fourth-order valence-corrected chi connectivity index (χ4v) is 5.27. The third kappa shape index (κ3) is 8.87. The van der Waals surface area contributed by atoms with Gasteiger partial charge in [0, 0.05) is 12.2 Å². The molecule has 51 heavy (non-hydrogen) atoms. The van der Waals surface area contributed by atoms with Crippen molar-refractivity contribution in [3.8, 4) is 28.7 Å². The lowest BCUT2D eigenvalue weighted by atomic mass is 9.99. The van der Waals surface area contributed by atoms with Crippen LogP contribution in [0.4, 0.5) is 0 Å². The molecule has 2 aliphatic rings. The molecule has 0 radical (unpaired) electrons. The van der Waals surface area contributed by atoms with Gasteiger partial charge in [-0.2, -0.15) is 0 Å². The van der Waals surface area contributed by atoms with E-state index < -0.39 is 86.6 Å². The number of aromatic hydroxyl groups is 2. The van der Waals surface area contributed by atoms with E-state index in [9.17, 15) is 50.4 Å². The van der Waals surface area contributed by atoms with Gasteiger partial charge in [0.05, 0.1) is 27.9 Å². The van der Waals surface area contributed by atoms with Crippen LogP contribution < -0.4 is 14.2 Å². The van der Waals surface area contributed by atoms with Crippen molar-refractivity contribution in [2.45, 2.75) is 54.8 Å². The molecule has 2 aliphatic heterocycles. The van der Waals surface area contributed by atoms with E-state index >= 15 is 0 Å². The normalized spacial score (nSPS) is 29.3. The maximum absolute atomic E-state index is 12.9. The standard InChI is InChI=1S/C33H40O18/c1-44-19-10-16(4-7-18(19)36)5-8-24(37)47-14-23-27(40)29(42)30(43)32(48-23)51-33(15-35)31(28(41)22(13-34)50-33)49-25(38)9-6-17-11-20(45-2)26(39)21(12-17)46-3/h4-12,22-23,27-32,34-36,39-43H,13-15H2,1-3H3/b8-5+,9-6+/t22-,23-,27-,28-,29+,30-,31+,32-,33+/m1/s1. The van der Waals surface area contributed by atoms with Gasteiger partial charge in [0.2, 0.25) is 11.5 Å². The molecule has 280 valence electrons. The van der Waals surface area contributed by atoms with Crippen molar-refractivity contribution in [2.75, 3.05) is 41.2 Å². The van der Waals surface area contributed by atoms with Gasteiger partial charge in [-0.05, 0) is 47.5 Å². The Hall–Kier alpha value is -4.50. The molecule has 18 nitrogen and oxygen atoms in total. The molecule has 0 unspecified atom stereocenters. The molecule has 0 amide bonds. The summed E-state index contributed by atoms with van der Waals surface area (Å²) in [7, 11) is 3.97. The zero-order valence-electron chi connectivity index (χ0n) is 27.6. The monoisotopic (exact) mass is 724 g/mol. The number of phenolic OH excluding ortho intramolecular Hbond substituents is 2. The Morgan fingerprint density at radius 1 is 0.784 bits per heavy atom. The van der Waals surface area contributed by atoms with Gasteiger partial charge in [-0.1, -0.05) is 6.07 Å². The van der Waals surface area contributed by atoms with Gasteiger partial charge in [-0.15, -0.1) is 0 Å². The van der Waals surface area contributed by atoms with Crippen molar-refractivity contribution in [3.63, 3.8) is 0 Å². The molecule has 0 aliphatic carbocycles. The number of ether oxygens (including phenoxy) is 8. The number of hydrogen-bond donors (Lipinski definition) is 8. The van der Waals surface area contributed by atoms with Gasteiger partial charge >= 0.3 is 11.9 Å². The molecule has 0 bridgehead atoms. The number of carbonyl (C=O) groups excluding carboxylic acids is 2. The summed E-state index contributed by atoms with van der Waals surface area (Å²) in [6.07, 6.45) is -9.78. The maximum atomic E-state index is 12.9. The first-order chi connectivity index (χ1) is 24.3. The molecule has 0 aromatic heterocycles. The lowest BCUT2D eigenvalue weighted by Crippen LogP contribution is -2.63. The number of aliphatic hydroxyl groups excluding tert-OH is 6. The summed E-state index contributed by atoms with van der Waals surface area (Å²) in [6, 6.07) is 7.08. The molecule has 0 saturated carbocycles. The fourth-order valence-electron chi connectivity index (χ4n) is 5.27. The SMILES string of the molecule is COc1cc(/C=C/C(=O)OC[C@H]2O[C@H](O[C@]3(CO)O[C@H](CO)[C@@H](O)[C@@H]3OC(=O)/C=C/c3cc(OC)c(O)c(OC)c3)[C@H](O)[C@@H](O)[C@@H]2O)ccc1O. The molecule has 2 aromatic carbocycles. The summed E-state index contributed by atoms with van der Waals surface area (Å²) < 4.78 is 42.6. The fraction of sp³-hybridized carbons (Fsp3) is 0.455. The van der Waals surface area contributed by atoms with Gasteiger partial charge in [0.25, 0.3) is 0 Å². The lowest BCUT2D eigenvalue weighted by Gasteiger charge is -2.43. The highest BCUT2D eigenvalue weighted by molar-refractivity contribution is 5.88. The second-order valence-electron chi connectivity index (χ2n) is 11.3. The van der Waals surface area contributed by atoms with Crippen LogP contribution in [-0.4, -0.2) is 149 Å². The van der Waals surface area contributed by atoms with Crippen LogP contribution in [0.2, 0.25) is 0 Å². The molecule has 2 saturated heterocycles. The van der Waals surface area contributed by atoms with Gasteiger partial charge in [-0.25, -0.2) is 9.59 Å².